The zero-order chi connectivity index (χ0) is 12.3. The lowest BCUT2D eigenvalue weighted by molar-refractivity contribution is 0.0697. The second-order valence-corrected chi connectivity index (χ2v) is 4.11. The summed E-state index contributed by atoms with van der Waals surface area (Å²) in [5.74, 6) is -0.879. The Kier molecular flexibility index (Phi) is 11.8. The Balaban J connectivity index is 0. The number of carboxylic acid groups (broad SMARTS) is 1. The molecule has 1 rings (SSSR count). The van der Waals surface area contributed by atoms with Crippen LogP contribution in [0, 0.1) is 0 Å². The van der Waals surface area contributed by atoms with Gasteiger partial charge in [0.15, 0.2) is 0 Å². The highest BCUT2D eigenvalue weighted by molar-refractivity contribution is 7.42. The number of aromatic carboxylic acids is 1. The van der Waals surface area contributed by atoms with Crippen molar-refractivity contribution in [3.05, 3.63) is 35.9 Å². The fourth-order valence-corrected chi connectivity index (χ4v) is 0.581. The van der Waals surface area contributed by atoms with Gasteiger partial charge < -0.3 is 5.11 Å². The molecular formula is C11H18O3P+. The summed E-state index contributed by atoms with van der Waals surface area (Å²) in [6.07, 6.45) is 0. The van der Waals surface area contributed by atoms with Gasteiger partial charge in [-0.15, -0.1) is 0 Å². The molecule has 0 saturated heterocycles. The summed E-state index contributed by atoms with van der Waals surface area (Å²) in [6, 6.07) is 8.30. The second-order valence-electron chi connectivity index (χ2n) is 2.48. The fourth-order valence-electron chi connectivity index (χ4n) is 0.581. The van der Waals surface area contributed by atoms with Gasteiger partial charge in [-0.3, -0.25) is 0 Å². The Morgan fingerprint density at radius 1 is 1.13 bits per heavy atom. The third-order valence-electron chi connectivity index (χ3n) is 1.02. The second kappa shape index (κ2) is 10.9. The SMILES string of the molecule is CC.C[P+](C)=O.O=C(O)c1ccccc1. The molecule has 0 atom stereocenters. The van der Waals surface area contributed by atoms with E-state index >= 15 is 0 Å². The molecule has 0 aliphatic rings. The molecule has 1 N–H and O–H groups in total. The number of hydrogen-bond donors (Lipinski definition) is 1. The Morgan fingerprint density at radius 2 is 1.47 bits per heavy atom. The van der Waals surface area contributed by atoms with E-state index in [1.807, 2.05) is 13.8 Å². The maximum Gasteiger partial charge on any atom is 0.335 e. The minimum Gasteiger partial charge on any atom is -0.478 e. The molecule has 0 unspecified atom stereocenters. The van der Waals surface area contributed by atoms with Gasteiger partial charge in [-0.05, 0) is 12.1 Å². The number of hydrogen-bond acceptors (Lipinski definition) is 2. The van der Waals surface area contributed by atoms with Crippen molar-refractivity contribution in [3.8, 4) is 0 Å². The standard InChI is InChI=1S/C7H6O2.C2H6OP.C2H6/c8-7(9)6-4-2-1-3-5-6;1-4(2)3;1-2/h1-5H,(H,8,9);1-2H3;1-2H3/q;+1;. The predicted octanol–water partition coefficient (Wildman–Crippen LogP) is 3.48. The van der Waals surface area contributed by atoms with Crippen LogP contribution in [-0.2, 0) is 4.57 Å². The molecule has 1 aromatic rings. The van der Waals surface area contributed by atoms with E-state index in [4.69, 9.17) is 5.11 Å². The highest BCUT2D eigenvalue weighted by Gasteiger charge is 1.96. The van der Waals surface area contributed by atoms with Crippen molar-refractivity contribution in [1.29, 1.82) is 0 Å². The summed E-state index contributed by atoms with van der Waals surface area (Å²) >= 11 is 0. The fraction of sp³-hybridized carbons (Fsp3) is 0.364. The number of rotatable bonds is 1. The third-order valence-corrected chi connectivity index (χ3v) is 1.02. The van der Waals surface area contributed by atoms with Gasteiger partial charge in [0.25, 0.3) is 0 Å². The van der Waals surface area contributed by atoms with E-state index in [0.717, 1.165) is 0 Å². The first-order valence-electron chi connectivity index (χ1n) is 4.67. The van der Waals surface area contributed by atoms with Crippen LogP contribution in [0.4, 0.5) is 0 Å². The van der Waals surface area contributed by atoms with Crippen molar-refractivity contribution in [2.24, 2.45) is 0 Å². The van der Waals surface area contributed by atoms with Crippen molar-refractivity contribution in [3.63, 3.8) is 0 Å². The lowest BCUT2D eigenvalue weighted by Crippen LogP contribution is -1.93. The molecule has 0 fully saturated rings. The van der Waals surface area contributed by atoms with E-state index < -0.39 is 13.8 Å². The van der Waals surface area contributed by atoms with E-state index in [-0.39, 0.29) is 0 Å². The molecule has 3 nitrogen and oxygen atoms in total. The van der Waals surface area contributed by atoms with Gasteiger partial charge in [-0.25, -0.2) is 4.79 Å². The normalized spacial score (nSPS) is 7.47. The predicted molar refractivity (Wildman–Crippen MR) is 64.2 cm³/mol. The van der Waals surface area contributed by atoms with Crippen molar-refractivity contribution in [2.75, 3.05) is 13.3 Å². The summed E-state index contributed by atoms with van der Waals surface area (Å²) < 4.78 is 9.59. The van der Waals surface area contributed by atoms with Gasteiger partial charge in [0.2, 0.25) is 0 Å². The average Bonchev–Trinajstić information content (AvgIpc) is 2.21. The lowest BCUT2D eigenvalue weighted by Gasteiger charge is -1.88. The first-order valence-corrected chi connectivity index (χ1v) is 6.82. The molecule has 0 aliphatic heterocycles. The smallest absolute Gasteiger partial charge is 0.335 e. The quantitative estimate of drug-likeness (QED) is 0.750. The minimum atomic E-state index is -0.879. The van der Waals surface area contributed by atoms with E-state index in [0.29, 0.717) is 5.56 Å². The number of carbonyl (C=O) groups is 1. The molecule has 4 heteroatoms. The Hall–Kier alpha value is -1.21. The summed E-state index contributed by atoms with van der Waals surface area (Å²) in [6.45, 7) is 7.35. The van der Waals surface area contributed by atoms with E-state index in [2.05, 4.69) is 0 Å². The van der Waals surface area contributed by atoms with Gasteiger partial charge in [-0.2, -0.15) is 0 Å². The molecule has 1 aromatic carbocycles. The lowest BCUT2D eigenvalue weighted by atomic mass is 10.2. The zero-order valence-electron chi connectivity index (χ0n) is 9.60. The first kappa shape index (κ1) is 16.2. The van der Waals surface area contributed by atoms with Gasteiger partial charge in [0.1, 0.15) is 13.3 Å². The van der Waals surface area contributed by atoms with Crippen LogP contribution >= 0.6 is 7.80 Å². The maximum atomic E-state index is 10.2. The summed E-state index contributed by atoms with van der Waals surface area (Å²) in [4.78, 5) is 10.2. The third kappa shape index (κ3) is 12.8. The van der Waals surface area contributed by atoms with Gasteiger partial charge in [0, 0.05) is 0 Å². The van der Waals surface area contributed by atoms with Crippen LogP contribution in [0.2, 0.25) is 0 Å². The van der Waals surface area contributed by atoms with E-state index in [1.165, 1.54) is 0 Å². The highest BCUT2D eigenvalue weighted by Crippen LogP contribution is 2.00. The first-order chi connectivity index (χ1) is 7.04. The summed E-state index contributed by atoms with van der Waals surface area (Å²) in [5, 5.41) is 8.38. The molecule has 0 bridgehead atoms. The van der Waals surface area contributed by atoms with Crippen LogP contribution in [-0.4, -0.2) is 24.4 Å². The van der Waals surface area contributed by atoms with Crippen LogP contribution < -0.4 is 0 Å². The van der Waals surface area contributed by atoms with Crippen LogP contribution in [0.5, 0.6) is 0 Å². The van der Waals surface area contributed by atoms with Crippen molar-refractivity contribution in [2.45, 2.75) is 13.8 Å². The van der Waals surface area contributed by atoms with E-state index in [1.54, 1.807) is 43.7 Å². The zero-order valence-corrected chi connectivity index (χ0v) is 10.5. The molecule has 0 radical (unpaired) electrons. The van der Waals surface area contributed by atoms with Gasteiger partial charge in [0.05, 0.1) is 5.56 Å². The highest BCUT2D eigenvalue weighted by atomic mass is 31.1. The van der Waals surface area contributed by atoms with Gasteiger partial charge in [-0.1, -0.05) is 36.6 Å². The van der Waals surface area contributed by atoms with Crippen molar-refractivity contribution in [1.82, 2.24) is 0 Å². The molecule has 0 heterocycles. The minimum absolute atomic E-state index is 0.331. The summed E-state index contributed by atoms with van der Waals surface area (Å²) in [7, 11) is -0.870. The van der Waals surface area contributed by atoms with Crippen LogP contribution in [0.25, 0.3) is 0 Å². The van der Waals surface area contributed by atoms with Crippen LogP contribution in [0.3, 0.4) is 0 Å². The maximum absolute atomic E-state index is 10.2. The summed E-state index contributed by atoms with van der Waals surface area (Å²) in [5.41, 5.74) is 0.331. The average molecular weight is 229 g/mol. The molecule has 15 heavy (non-hydrogen) atoms. The van der Waals surface area contributed by atoms with E-state index in [9.17, 15) is 9.36 Å². The molecule has 0 aliphatic carbocycles. The molecule has 0 saturated carbocycles. The Labute approximate surface area is 91.9 Å². The van der Waals surface area contributed by atoms with Crippen molar-refractivity contribution < 1.29 is 14.5 Å². The van der Waals surface area contributed by atoms with Crippen LogP contribution in [0.15, 0.2) is 30.3 Å². The van der Waals surface area contributed by atoms with Crippen LogP contribution in [0.1, 0.15) is 24.2 Å². The molecule has 84 valence electrons. The molecule has 0 amide bonds. The largest absolute Gasteiger partial charge is 0.478 e. The molecule has 0 aromatic heterocycles. The van der Waals surface area contributed by atoms with Crippen molar-refractivity contribution >= 4 is 13.8 Å². The number of carboxylic acids is 1. The monoisotopic (exact) mass is 229 g/mol. The molecule has 0 spiro atoms. The van der Waals surface area contributed by atoms with Gasteiger partial charge >= 0.3 is 13.8 Å². The Bertz CT molecular complexity index is 279. The Morgan fingerprint density at radius 3 is 1.67 bits per heavy atom. The topological polar surface area (TPSA) is 54.4 Å². The molecular weight excluding hydrogens is 211 g/mol. The number of benzene rings is 1.